The molecule has 164 valence electrons. The second-order valence-corrected chi connectivity index (χ2v) is 7.00. The maximum absolute atomic E-state index is 13.6. The molecule has 0 fully saturated rings. The highest BCUT2D eigenvalue weighted by atomic mass is 19.2. The third kappa shape index (κ3) is 4.22. The summed E-state index contributed by atoms with van der Waals surface area (Å²) in [5, 5.41) is 16.3. The minimum absolute atomic E-state index is 0.0263. The Morgan fingerprint density at radius 2 is 1.55 bits per heavy atom. The molecule has 1 amide bonds. The number of Topliss-reactive ketones (excluding diaryl/α,β-unsaturated/α-hetero) is 1. The molecule has 33 heavy (non-hydrogen) atoms. The summed E-state index contributed by atoms with van der Waals surface area (Å²) in [6.07, 6.45) is 1.17. The van der Waals surface area contributed by atoms with Gasteiger partial charge in [0.25, 0.3) is 11.6 Å². The van der Waals surface area contributed by atoms with Crippen molar-refractivity contribution in [3.63, 3.8) is 0 Å². The highest BCUT2D eigenvalue weighted by Crippen LogP contribution is 2.26. The molecule has 0 saturated carbocycles. The summed E-state index contributed by atoms with van der Waals surface area (Å²) >= 11 is 0. The van der Waals surface area contributed by atoms with Gasteiger partial charge in [0, 0.05) is 28.6 Å². The van der Waals surface area contributed by atoms with E-state index in [2.05, 4.69) is 10.6 Å². The van der Waals surface area contributed by atoms with Crippen LogP contribution in [0.15, 0.2) is 72.4 Å². The molecular formula is C23H13F2N3O5. The van der Waals surface area contributed by atoms with Gasteiger partial charge in [-0.1, -0.05) is 30.3 Å². The Morgan fingerprint density at radius 3 is 2.27 bits per heavy atom. The van der Waals surface area contributed by atoms with Crippen molar-refractivity contribution >= 4 is 34.5 Å². The first-order valence-corrected chi connectivity index (χ1v) is 9.46. The van der Waals surface area contributed by atoms with E-state index in [9.17, 15) is 33.3 Å². The maximum Gasteiger partial charge on any atom is 0.285 e. The Balaban J connectivity index is 1.57. The Morgan fingerprint density at radius 1 is 0.879 bits per heavy atom. The second-order valence-electron chi connectivity index (χ2n) is 7.00. The normalized spacial score (nSPS) is 12.6. The van der Waals surface area contributed by atoms with Crippen LogP contribution >= 0.6 is 0 Å². The topological polar surface area (TPSA) is 118 Å². The number of halogens is 2. The lowest BCUT2D eigenvalue weighted by Gasteiger charge is -2.17. The number of hydrogen-bond donors (Lipinski definition) is 2. The number of hydrogen-bond acceptors (Lipinski definition) is 6. The molecule has 0 heterocycles. The summed E-state index contributed by atoms with van der Waals surface area (Å²) in [7, 11) is 0. The molecule has 8 nitrogen and oxygen atoms in total. The first kappa shape index (κ1) is 21.5. The average molecular weight is 449 g/mol. The number of ketones is 2. The van der Waals surface area contributed by atoms with E-state index in [1.165, 1.54) is 30.3 Å². The molecule has 0 aromatic heterocycles. The van der Waals surface area contributed by atoms with Gasteiger partial charge in [-0.3, -0.25) is 24.5 Å². The fraction of sp³-hybridized carbons (Fsp3) is 0. The molecule has 3 aromatic rings. The van der Waals surface area contributed by atoms with Crippen molar-refractivity contribution in [2.75, 3.05) is 10.6 Å². The van der Waals surface area contributed by atoms with E-state index in [1.54, 1.807) is 24.3 Å². The van der Waals surface area contributed by atoms with Crippen LogP contribution in [-0.4, -0.2) is 22.4 Å². The second kappa shape index (κ2) is 8.42. The van der Waals surface area contributed by atoms with E-state index in [0.717, 1.165) is 0 Å². The van der Waals surface area contributed by atoms with E-state index in [-0.39, 0.29) is 22.7 Å². The number of benzene rings is 3. The number of nitro benzene ring substituents is 1. The number of amides is 1. The summed E-state index contributed by atoms with van der Waals surface area (Å²) in [4.78, 5) is 47.6. The quantitative estimate of drug-likeness (QED) is 0.437. The number of nitro groups is 1. The minimum Gasteiger partial charge on any atom is -0.352 e. The first-order chi connectivity index (χ1) is 15.7. The van der Waals surface area contributed by atoms with Crippen molar-refractivity contribution in [1.82, 2.24) is 0 Å². The van der Waals surface area contributed by atoms with Gasteiger partial charge < -0.3 is 10.6 Å². The van der Waals surface area contributed by atoms with Crippen LogP contribution in [-0.2, 0) is 0 Å². The fourth-order valence-electron chi connectivity index (χ4n) is 3.31. The zero-order valence-electron chi connectivity index (χ0n) is 16.6. The molecule has 4 rings (SSSR count). The summed E-state index contributed by atoms with van der Waals surface area (Å²) in [6, 6.07) is 13.1. The minimum atomic E-state index is -1.45. The number of rotatable bonds is 5. The molecular weight excluding hydrogens is 436 g/mol. The highest BCUT2D eigenvalue weighted by molar-refractivity contribution is 6.25. The van der Waals surface area contributed by atoms with Gasteiger partial charge in [0.2, 0.25) is 5.78 Å². The van der Waals surface area contributed by atoms with Crippen molar-refractivity contribution < 1.29 is 28.1 Å². The van der Waals surface area contributed by atoms with Crippen LogP contribution in [0.1, 0.15) is 31.1 Å². The van der Waals surface area contributed by atoms with Crippen molar-refractivity contribution in [3.05, 3.63) is 111 Å². The Hall–Kier alpha value is -4.73. The van der Waals surface area contributed by atoms with Crippen LogP contribution < -0.4 is 10.6 Å². The number of nitrogens with one attached hydrogen (secondary N) is 2. The van der Waals surface area contributed by atoms with Crippen molar-refractivity contribution in [1.29, 1.82) is 0 Å². The van der Waals surface area contributed by atoms with Gasteiger partial charge in [0.1, 0.15) is 5.56 Å². The molecule has 0 unspecified atom stereocenters. The first-order valence-electron chi connectivity index (χ1n) is 9.46. The van der Waals surface area contributed by atoms with Crippen LogP contribution in [0.3, 0.4) is 0 Å². The van der Waals surface area contributed by atoms with Crippen LogP contribution in [0.4, 0.5) is 25.8 Å². The molecule has 0 saturated heterocycles. The number of anilines is 2. The van der Waals surface area contributed by atoms with Crippen molar-refractivity contribution in [3.8, 4) is 0 Å². The van der Waals surface area contributed by atoms with Crippen LogP contribution in [0, 0.1) is 21.7 Å². The Kier molecular flexibility index (Phi) is 5.49. The van der Waals surface area contributed by atoms with Crippen molar-refractivity contribution in [2.45, 2.75) is 0 Å². The highest BCUT2D eigenvalue weighted by Gasteiger charge is 2.26. The van der Waals surface area contributed by atoms with E-state index in [0.29, 0.717) is 23.4 Å². The van der Waals surface area contributed by atoms with Crippen LogP contribution in [0.5, 0.6) is 0 Å². The lowest BCUT2D eigenvalue weighted by Crippen LogP contribution is -2.21. The Labute approximate surface area is 184 Å². The predicted octanol–water partition coefficient (Wildman–Crippen LogP) is 4.50. The van der Waals surface area contributed by atoms with Gasteiger partial charge >= 0.3 is 0 Å². The zero-order valence-corrected chi connectivity index (χ0v) is 16.6. The Bertz CT molecular complexity index is 1380. The molecule has 3 aromatic carbocycles. The van der Waals surface area contributed by atoms with Gasteiger partial charge in [0.05, 0.1) is 16.7 Å². The molecule has 0 aliphatic heterocycles. The van der Waals surface area contributed by atoms with Gasteiger partial charge in [-0.15, -0.1) is 0 Å². The summed E-state index contributed by atoms with van der Waals surface area (Å²) in [5.74, 6) is -4.63. The van der Waals surface area contributed by atoms with E-state index in [1.807, 2.05) is 0 Å². The van der Waals surface area contributed by atoms with Gasteiger partial charge in [-0.05, 0) is 24.3 Å². The lowest BCUT2D eigenvalue weighted by atomic mass is 9.92. The number of allylic oxidation sites excluding steroid dienone is 2. The molecule has 0 spiro atoms. The number of fused-ring (bicyclic) bond motifs is 1. The fourth-order valence-corrected chi connectivity index (χ4v) is 3.31. The zero-order chi connectivity index (χ0) is 23.7. The van der Waals surface area contributed by atoms with Crippen LogP contribution in [0.2, 0.25) is 0 Å². The summed E-state index contributed by atoms with van der Waals surface area (Å²) in [5.41, 5.74) is -0.498. The van der Waals surface area contributed by atoms with Crippen LogP contribution in [0.25, 0.3) is 0 Å². The molecule has 0 atom stereocenters. The molecule has 0 radical (unpaired) electrons. The van der Waals surface area contributed by atoms with E-state index >= 15 is 0 Å². The molecule has 1 aliphatic carbocycles. The molecule has 10 heteroatoms. The maximum atomic E-state index is 13.6. The molecule has 2 N–H and O–H groups in total. The average Bonchev–Trinajstić information content (AvgIpc) is 2.79. The third-order valence-corrected chi connectivity index (χ3v) is 4.84. The number of nitrogens with zero attached hydrogens (tertiary/aromatic N) is 1. The molecule has 1 aliphatic rings. The summed E-state index contributed by atoms with van der Waals surface area (Å²) in [6.45, 7) is 0. The SMILES string of the molecule is O=C1C=C(Nc2cccc(NC(=O)c3cc(F)c(F)cc3[N+](=O)[O-])c2)C(=O)c2ccccc21. The number of carbonyl (C=O) groups is 3. The van der Waals surface area contributed by atoms with Crippen molar-refractivity contribution in [2.24, 2.45) is 0 Å². The number of carbonyl (C=O) groups excluding carboxylic acids is 3. The molecule has 0 bridgehead atoms. The third-order valence-electron chi connectivity index (χ3n) is 4.84. The van der Waals surface area contributed by atoms with E-state index in [4.69, 9.17) is 0 Å². The van der Waals surface area contributed by atoms with E-state index < -0.39 is 39.5 Å². The monoisotopic (exact) mass is 449 g/mol. The lowest BCUT2D eigenvalue weighted by molar-refractivity contribution is -0.385. The standard InChI is InChI=1S/C23H13F2N3O5/c24-17-9-16(20(28(32)33)10-18(17)25)23(31)27-13-5-3-4-12(8-13)26-19-11-21(29)14-6-1-2-7-15(14)22(19)30/h1-11,26H,(H,27,31). The summed E-state index contributed by atoms with van der Waals surface area (Å²) < 4.78 is 26.9. The van der Waals surface area contributed by atoms with Gasteiger partial charge in [-0.25, -0.2) is 8.78 Å². The van der Waals surface area contributed by atoms with Gasteiger partial charge in [-0.2, -0.15) is 0 Å². The predicted molar refractivity (Wildman–Crippen MR) is 114 cm³/mol. The van der Waals surface area contributed by atoms with Gasteiger partial charge in [0.15, 0.2) is 17.4 Å². The smallest absolute Gasteiger partial charge is 0.285 e. The largest absolute Gasteiger partial charge is 0.352 e.